The topological polar surface area (TPSA) is 67.8 Å². The van der Waals surface area contributed by atoms with E-state index >= 15 is 0 Å². The van der Waals surface area contributed by atoms with Crippen molar-refractivity contribution in [2.75, 3.05) is 0 Å². The predicted molar refractivity (Wildman–Crippen MR) is 79.4 cm³/mol. The molecule has 0 spiro atoms. The number of nitrogens with two attached hydrogens (primary N) is 1. The zero-order chi connectivity index (χ0) is 15.4. The average molecular weight is 309 g/mol. The van der Waals surface area contributed by atoms with Gasteiger partial charge >= 0.3 is 0 Å². The summed E-state index contributed by atoms with van der Waals surface area (Å²) in [5.74, 6) is 0.0259. The first-order valence-corrected chi connectivity index (χ1v) is 6.53. The highest BCUT2D eigenvalue weighted by molar-refractivity contribution is 6.30. The molecule has 0 atom stereocenters. The standard InChI is InChI=1S/C15H14ClFN2O2/c1-9-4-12(16)2-3-14(9)21-8-10-5-11(15(18)19-20)7-13(17)6-10/h2-7,20H,8H2,1H3,(H2,18,19). The molecule has 0 saturated carbocycles. The van der Waals surface area contributed by atoms with Gasteiger partial charge in [-0.25, -0.2) is 4.39 Å². The van der Waals surface area contributed by atoms with Gasteiger partial charge in [0.25, 0.3) is 0 Å². The van der Waals surface area contributed by atoms with E-state index in [1.165, 1.54) is 12.1 Å². The van der Waals surface area contributed by atoms with E-state index in [0.717, 1.165) is 5.56 Å². The summed E-state index contributed by atoms with van der Waals surface area (Å²) in [4.78, 5) is 0. The van der Waals surface area contributed by atoms with Gasteiger partial charge in [-0.05, 0) is 54.4 Å². The fourth-order valence-electron chi connectivity index (χ4n) is 1.88. The van der Waals surface area contributed by atoms with E-state index in [2.05, 4.69) is 5.16 Å². The highest BCUT2D eigenvalue weighted by atomic mass is 35.5. The molecule has 4 nitrogen and oxygen atoms in total. The van der Waals surface area contributed by atoms with Crippen molar-refractivity contribution in [3.05, 3.63) is 63.9 Å². The summed E-state index contributed by atoms with van der Waals surface area (Å²) >= 11 is 5.87. The Morgan fingerprint density at radius 1 is 1.33 bits per heavy atom. The van der Waals surface area contributed by atoms with E-state index in [-0.39, 0.29) is 12.4 Å². The molecule has 0 aliphatic heterocycles. The SMILES string of the molecule is Cc1cc(Cl)ccc1OCc1cc(F)cc(/C(N)=N/O)c1. The van der Waals surface area contributed by atoms with Gasteiger partial charge in [-0.3, -0.25) is 0 Å². The first-order valence-electron chi connectivity index (χ1n) is 6.16. The molecule has 21 heavy (non-hydrogen) atoms. The molecule has 0 bridgehead atoms. The van der Waals surface area contributed by atoms with E-state index in [0.29, 0.717) is 21.9 Å². The van der Waals surface area contributed by atoms with E-state index in [1.807, 2.05) is 6.92 Å². The minimum atomic E-state index is -0.481. The molecule has 0 aliphatic carbocycles. The number of rotatable bonds is 4. The number of hydrogen-bond donors (Lipinski definition) is 2. The molecule has 2 aromatic carbocycles. The lowest BCUT2D eigenvalue weighted by Crippen LogP contribution is -2.14. The molecule has 0 saturated heterocycles. The molecule has 0 fully saturated rings. The molecule has 110 valence electrons. The molecule has 2 rings (SSSR count). The number of aryl methyl sites for hydroxylation is 1. The number of halogens is 2. The van der Waals surface area contributed by atoms with E-state index in [9.17, 15) is 4.39 Å². The van der Waals surface area contributed by atoms with Crippen molar-refractivity contribution < 1.29 is 14.3 Å². The lowest BCUT2D eigenvalue weighted by molar-refractivity contribution is 0.303. The van der Waals surface area contributed by atoms with Crippen molar-refractivity contribution in [1.29, 1.82) is 0 Å². The number of nitrogens with zero attached hydrogens (tertiary/aromatic N) is 1. The largest absolute Gasteiger partial charge is 0.489 e. The van der Waals surface area contributed by atoms with E-state index in [1.54, 1.807) is 24.3 Å². The number of ether oxygens (including phenoxy) is 1. The van der Waals surface area contributed by atoms with Gasteiger partial charge < -0.3 is 15.7 Å². The maximum absolute atomic E-state index is 13.5. The summed E-state index contributed by atoms with van der Waals surface area (Å²) in [6.07, 6.45) is 0. The van der Waals surface area contributed by atoms with Crippen LogP contribution in [0.3, 0.4) is 0 Å². The van der Waals surface area contributed by atoms with Crippen molar-refractivity contribution in [2.45, 2.75) is 13.5 Å². The minimum Gasteiger partial charge on any atom is -0.489 e. The van der Waals surface area contributed by atoms with Gasteiger partial charge in [0.1, 0.15) is 18.2 Å². The Hall–Kier alpha value is -2.27. The number of hydrogen-bond acceptors (Lipinski definition) is 3. The summed E-state index contributed by atoms with van der Waals surface area (Å²) in [5.41, 5.74) is 7.21. The highest BCUT2D eigenvalue weighted by Crippen LogP contribution is 2.23. The van der Waals surface area contributed by atoms with E-state index < -0.39 is 5.82 Å². The number of oxime groups is 1. The highest BCUT2D eigenvalue weighted by Gasteiger charge is 2.07. The van der Waals surface area contributed by atoms with E-state index in [4.69, 9.17) is 27.3 Å². The Labute approximate surface area is 126 Å². The molecule has 0 heterocycles. The molecule has 0 aliphatic rings. The van der Waals surface area contributed by atoms with Crippen molar-refractivity contribution in [3.8, 4) is 5.75 Å². The van der Waals surface area contributed by atoms with Crippen LogP contribution in [0, 0.1) is 12.7 Å². The Kier molecular flexibility index (Phi) is 4.65. The normalized spacial score (nSPS) is 11.5. The van der Waals surface area contributed by atoms with Gasteiger partial charge in [0.05, 0.1) is 0 Å². The Balaban J connectivity index is 2.18. The molecule has 0 unspecified atom stereocenters. The van der Waals surface area contributed by atoms with Crippen LogP contribution in [0.5, 0.6) is 5.75 Å². The van der Waals surface area contributed by atoms with Crippen LogP contribution in [0.1, 0.15) is 16.7 Å². The Bertz CT molecular complexity index is 689. The van der Waals surface area contributed by atoms with Crippen LogP contribution in [0.2, 0.25) is 5.02 Å². The summed E-state index contributed by atoms with van der Waals surface area (Å²) in [6.45, 7) is 2.03. The zero-order valence-electron chi connectivity index (χ0n) is 11.3. The summed E-state index contributed by atoms with van der Waals surface area (Å²) in [5, 5.41) is 12.1. The smallest absolute Gasteiger partial charge is 0.170 e. The molecule has 0 amide bonds. The average Bonchev–Trinajstić information content (AvgIpc) is 2.45. The molecule has 0 radical (unpaired) electrons. The van der Waals surface area contributed by atoms with Crippen molar-refractivity contribution in [3.63, 3.8) is 0 Å². The van der Waals surface area contributed by atoms with Gasteiger partial charge in [0, 0.05) is 10.6 Å². The third-order valence-corrected chi connectivity index (χ3v) is 3.13. The molecular formula is C15H14ClFN2O2. The maximum Gasteiger partial charge on any atom is 0.170 e. The van der Waals surface area contributed by atoms with Gasteiger partial charge in [-0.1, -0.05) is 16.8 Å². The molecule has 6 heteroatoms. The zero-order valence-corrected chi connectivity index (χ0v) is 12.1. The fraction of sp³-hybridized carbons (Fsp3) is 0.133. The number of benzene rings is 2. The molecule has 2 aromatic rings. The number of amidine groups is 1. The van der Waals surface area contributed by atoms with Crippen molar-refractivity contribution >= 4 is 17.4 Å². The van der Waals surface area contributed by atoms with Crippen LogP contribution in [0.4, 0.5) is 4.39 Å². The Morgan fingerprint density at radius 3 is 2.76 bits per heavy atom. The third kappa shape index (κ3) is 3.86. The predicted octanol–water partition coefficient (Wildman–Crippen LogP) is 3.46. The summed E-state index contributed by atoms with van der Waals surface area (Å²) < 4.78 is 19.1. The van der Waals surface area contributed by atoms with Crippen molar-refractivity contribution in [2.24, 2.45) is 10.9 Å². The minimum absolute atomic E-state index is 0.154. The van der Waals surface area contributed by atoms with Gasteiger partial charge in [0.2, 0.25) is 0 Å². The van der Waals surface area contributed by atoms with Crippen LogP contribution in [0.15, 0.2) is 41.6 Å². The van der Waals surface area contributed by atoms with Gasteiger partial charge in [0.15, 0.2) is 5.84 Å². The quantitative estimate of drug-likeness (QED) is 0.393. The second kappa shape index (κ2) is 6.45. The van der Waals surface area contributed by atoms with Crippen LogP contribution in [-0.2, 0) is 6.61 Å². The molecule has 3 N–H and O–H groups in total. The first kappa shape index (κ1) is 15.1. The third-order valence-electron chi connectivity index (χ3n) is 2.89. The first-order chi connectivity index (χ1) is 9.99. The molecular weight excluding hydrogens is 295 g/mol. The van der Waals surface area contributed by atoms with Crippen LogP contribution >= 0.6 is 11.6 Å². The fourth-order valence-corrected chi connectivity index (χ4v) is 2.10. The van der Waals surface area contributed by atoms with Crippen LogP contribution in [-0.4, -0.2) is 11.0 Å². The lowest BCUT2D eigenvalue weighted by Gasteiger charge is -2.10. The maximum atomic E-state index is 13.5. The second-order valence-electron chi connectivity index (χ2n) is 4.53. The monoisotopic (exact) mass is 308 g/mol. The van der Waals surface area contributed by atoms with Crippen molar-refractivity contribution in [1.82, 2.24) is 0 Å². The Morgan fingerprint density at radius 2 is 2.10 bits per heavy atom. The van der Waals surface area contributed by atoms with Gasteiger partial charge in [-0.15, -0.1) is 0 Å². The molecule has 0 aromatic heterocycles. The second-order valence-corrected chi connectivity index (χ2v) is 4.97. The van der Waals surface area contributed by atoms with Gasteiger partial charge in [-0.2, -0.15) is 0 Å². The van der Waals surface area contributed by atoms with Crippen LogP contribution in [0.25, 0.3) is 0 Å². The van der Waals surface area contributed by atoms with Crippen LogP contribution < -0.4 is 10.5 Å². The summed E-state index contributed by atoms with van der Waals surface area (Å²) in [7, 11) is 0. The summed E-state index contributed by atoms with van der Waals surface area (Å²) in [6, 6.07) is 9.37. The lowest BCUT2D eigenvalue weighted by atomic mass is 10.1.